The Kier molecular flexibility index (Phi) is 4.72. The van der Waals surface area contributed by atoms with Crippen molar-refractivity contribution < 1.29 is 18.6 Å². The van der Waals surface area contributed by atoms with Crippen molar-refractivity contribution in [1.82, 2.24) is 0 Å². The van der Waals surface area contributed by atoms with Crippen molar-refractivity contribution in [2.24, 2.45) is 0 Å². The third-order valence-corrected chi connectivity index (χ3v) is 6.18. The zero-order valence-corrected chi connectivity index (χ0v) is 17.3. The molecule has 0 aliphatic carbocycles. The van der Waals surface area contributed by atoms with Crippen molar-refractivity contribution in [3.05, 3.63) is 35.8 Å². The molecule has 2 heterocycles. The topological polar surface area (TPSA) is 36.9 Å². The maximum Gasteiger partial charge on any atom is 0.494 e. The Hall–Kier alpha value is -1.07. The molecule has 0 atom stereocenters. The average molecular weight is 356 g/mol. The smallest absolute Gasteiger partial charge is 0.400 e. The molecule has 140 valence electrons. The van der Waals surface area contributed by atoms with Crippen LogP contribution in [0.1, 0.15) is 61.0 Å². The third-order valence-electron chi connectivity index (χ3n) is 6.18. The molecule has 0 bridgehead atoms. The Morgan fingerprint density at radius 2 is 1.08 bits per heavy atom. The van der Waals surface area contributed by atoms with Gasteiger partial charge in [0.1, 0.15) is 0 Å². The van der Waals surface area contributed by atoms with E-state index in [1.54, 1.807) is 0 Å². The van der Waals surface area contributed by atoms with Gasteiger partial charge in [-0.15, -0.1) is 0 Å². The van der Waals surface area contributed by atoms with Gasteiger partial charge < -0.3 is 18.6 Å². The Morgan fingerprint density at radius 3 is 1.54 bits per heavy atom. The summed E-state index contributed by atoms with van der Waals surface area (Å²) in [7, 11) is -0.663. The lowest BCUT2D eigenvalue weighted by molar-refractivity contribution is 0.00578. The van der Waals surface area contributed by atoms with E-state index >= 15 is 0 Å². The molecule has 6 heteroatoms. The fraction of sp³-hybridized carbons (Fsp3) is 0.600. The fourth-order valence-electron chi connectivity index (χ4n) is 2.90. The highest BCUT2D eigenvalue weighted by molar-refractivity contribution is 6.62. The predicted molar refractivity (Wildman–Crippen MR) is 107 cm³/mol. The quantitative estimate of drug-likeness (QED) is 0.776. The van der Waals surface area contributed by atoms with Crippen LogP contribution in [0.3, 0.4) is 0 Å². The second-order valence-electron chi connectivity index (χ2n) is 9.24. The monoisotopic (exact) mass is 356 g/mol. The molecule has 0 radical (unpaired) electrons. The summed E-state index contributed by atoms with van der Waals surface area (Å²) in [5.41, 5.74) is 0.821. The predicted octanol–water partition coefficient (Wildman–Crippen LogP) is 3.63. The molecule has 2 saturated heterocycles. The van der Waals surface area contributed by atoms with Crippen LogP contribution in [0, 0.1) is 0 Å². The normalized spacial score (nSPS) is 26.0. The van der Waals surface area contributed by atoms with E-state index in [2.05, 4.69) is 67.5 Å². The van der Waals surface area contributed by atoms with E-state index in [1.165, 1.54) is 0 Å². The first-order chi connectivity index (χ1) is 11.8. The second kappa shape index (κ2) is 6.23. The van der Waals surface area contributed by atoms with E-state index in [9.17, 15) is 0 Å². The summed E-state index contributed by atoms with van der Waals surface area (Å²) < 4.78 is 24.2. The van der Waals surface area contributed by atoms with Crippen molar-refractivity contribution >= 4 is 25.8 Å². The summed E-state index contributed by atoms with van der Waals surface area (Å²) in [5.74, 6) is 1.96. The highest BCUT2D eigenvalue weighted by Gasteiger charge is 2.52. The zero-order chi connectivity index (χ0) is 19.4. The second-order valence-corrected chi connectivity index (χ2v) is 9.24. The van der Waals surface area contributed by atoms with Gasteiger partial charge in [0, 0.05) is 0 Å². The first-order valence-corrected chi connectivity index (χ1v) is 9.32. The van der Waals surface area contributed by atoms with Gasteiger partial charge in [-0.25, -0.2) is 0 Å². The van der Waals surface area contributed by atoms with E-state index in [0.29, 0.717) is 0 Å². The van der Waals surface area contributed by atoms with Crippen LogP contribution in [0.2, 0.25) is 0 Å². The Bertz CT molecular complexity index is 660. The number of hydrogen-bond acceptors (Lipinski definition) is 4. The molecule has 2 fully saturated rings. The van der Waals surface area contributed by atoms with Crippen molar-refractivity contribution in [3.8, 4) is 0 Å². The molecule has 1 aromatic rings. The van der Waals surface area contributed by atoms with E-state index in [4.69, 9.17) is 18.6 Å². The first kappa shape index (κ1) is 19.7. The van der Waals surface area contributed by atoms with Gasteiger partial charge in [-0.2, -0.15) is 0 Å². The van der Waals surface area contributed by atoms with Crippen molar-refractivity contribution in [2.45, 2.75) is 77.8 Å². The minimum Gasteiger partial charge on any atom is -0.400 e. The molecule has 4 nitrogen and oxygen atoms in total. The van der Waals surface area contributed by atoms with Crippen LogP contribution in [0.5, 0.6) is 0 Å². The Labute approximate surface area is 158 Å². The summed E-state index contributed by atoms with van der Waals surface area (Å²) in [6, 6.07) is 8.21. The fourth-order valence-corrected chi connectivity index (χ4v) is 2.90. The van der Waals surface area contributed by atoms with Gasteiger partial charge in [0.25, 0.3) is 0 Å². The van der Waals surface area contributed by atoms with Crippen molar-refractivity contribution in [1.29, 1.82) is 0 Å². The van der Waals surface area contributed by atoms with Gasteiger partial charge in [0.05, 0.1) is 22.4 Å². The summed E-state index contributed by atoms with van der Waals surface area (Å²) in [6.07, 6.45) is 2.02. The molecule has 0 saturated carbocycles. The standard InChI is InChI=1S/C20H30B2O4/c1-17(2)18(3,4)24-21(23-17)14-13-15-9-11-16(12-10-15)22-25-19(5,6)20(7,8)26-22/h9-14H,1-8H3/b14-13+. The van der Waals surface area contributed by atoms with Crippen LogP contribution >= 0.6 is 0 Å². The Morgan fingerprint density at radius 1 is 0.654 bits per heavy atom. The van der Waals surface area contributed by atoms with Crippen molar-refractivity contribution in [3.63, 3.8) is 0 Å². The van der Waals surface area contributed by atoms with E-state index in [1.807, 2.05) is 24.2 Å². The van der Waals surface area contributed by atoms with Gasteiger partial charge in [0.2, 0.25) is 0 Å². The van der Waals surface area contributed by atoms with E-state index in [0.717, 1.165) is 11.0 Å². The summed E-state index contributed by atoms with van der Waals surface area (Å²) in [6.45, 7) is 16.5. The molecule has 1 aromatic carbocycles. The summed E-state index contributed by atoms with van der Waals surface area (Å²) >= 11 is 0. The molecule has 3 rings (SSSR count). The average Bonchev–Trinajstić information content (AvgIpc) is 2.85. The lowest BCUT2D eigenvalue weighted by atomic mass is 9.78. The van der Waals surface area contributed by atoms with Crippen LogP contribution in [-0.2, 0) is 18.6 Å². The van der Waals surface area contributed by atoms with Crippen LogP contribution < -0.4 is 5.46 Å². The van der Waals surface area contributed by atoms with Gasteiger partial charge in [-0.3, -0.25) is 0 Å². The number of benzene rings is 1. The van der Waals surface area contributed by atoms with Crippen LogP contribution in [0.25, 0.3) is 6.08 Å². The molecule has 0 spiro atoms. The minimum absolute atomic E-state index is 0.317. The minimum atomic E-state index is -0.332. The SMILES string of the molecule is CC1(C)OB(/C=C/c2ccc(B3OC(C)(C)C(C)(C)O3)cc2)OC1(C)C. The molecule has 2 aliphatic rings. The molecule has 0 N–H and O–H groups in total. The highest BCUT2D eigenvalue weighted by Crippen LogP contribution is 2.37. The summed E-state index contributed by atoms with van der Waals surface area (Å²) in [5, 5.41) is 0. The molecular weight excluding hydrogens is 326 g/mol. The lowest BCUT2D eigenvalue weighted by Gasteiger charge is -2.32. The molecule has 0 aromatic heterocycles. The number of hydrogen-bond donors (Lipinski definition) is 0. The van der Waals surface area contributed by atoms with Crippen LogP contribution in [0.15, 0.2) is 30.2 Å². The Balaban J connectivity index is 1.66. The molecule has 2 aliphatic heterocycles. The van der Waals surface area contributed by atoms with Crippen LogP contribution in [-0.4, -0.2) is 36.6 Å². The van der Waals surface area contributed by atoms with E-state index < -0.39 is 0 Å². The van der Waals surface area contributed by atoms with E-state index in [-0.39, 0.29) is 36.6 Å². The molecular formula is C20H30B2O4. The first-order valence-electron chi connectivity index (χ1n) is 9.32. The largest absolute Gasteiger partial charge is 0.494 e. The third kappa shape index (κ3) is 3.53. The van der Waals surface area contributed by atoms with Crippen molar-refractivity contribution in [2.75, 3.05) is 0 Å². The van der Waals surface area contributed by atoms with Gasteiger partial charge >= 0.3 is 14.2 Å². The summed E-state index contributed by atoms with van der Waals surface area (Å²) in [4.78, 5) is 0. The highest BCUT2D eigenvalue weighted by atomic mass is 16.7. The lowest BCUT2D eigenvalue weighted by Crippen LogP contribution is -2.41. The zero-order valence-electron chi connectivity index (χ0n) is 17.3. The van der Waals surface area contributed by atoms with Gasteiger partial charge in [-0.1, -0.05) is 36.3 Å². The maximum absolute atomic E-state index is 6.10. The molecule has 0 unspecified atom stereocenters. The maximum atomic E-state index is 6.10. The van der Waals surface area contributed by atoms with Crippen LogP contribution in [0.4, 0.5) is 0 Å². The number of rotatable bonds is 3. The molecule has 26 heavy (non-hydrogen) atoms. The van der Waals surface area contributed by atoms with Gasteiger partial charge in [-0.05, 0) is 66.4 Å². The molecule has 0 amide bonds. The van der Waals surface area contributed by atoms with Gasteiger partial charge in [0.15, 0.2) is 0 Å².